The zero-order valence-corrected chi connectivity index (χ0v) is 10.8. The van der Waals surface area contributed by atoms with Crippen molar-refractivity contribution in [3.05, 3.63) is 29.8 Å². The predicted molar refractivity (Wildman–Crippen MR) is 69.9 cm³/mol. The lowest BCUT2D eigenvalue weighted by atomic mass is 10.1. The highest BCUT2D eigenvalue weighted by molar-refractivity contribution is 5.95. The fraction of sp³-hybridized carbons (Fsp3) is 0.385. The second-order valence-corrected chi connectivity index (χ2v) is 4.39. The monoisotopic (exact) mass is 263 g/mol. The summed E-state index contributed by atoms with van der Waals surface area (Å²) in [6, 6.07) is 6.42. The molecule has 2 rings (SSSR count). The van der Waals surface area contributed by atoms with Crippen molar-refractivity contribution < 1.29 is 14.3 Å². The van der Waals surface area contributed by atoms with Crippen LogP contribution in [-0.2, 0) is 4.79 Å². The Hall–Kier alpha value is -2.08. The fourth-order valence-corrected chi connectivity index (χ4v) is 2.04. The van der Waals surface area contributed by atoms with Crippen LogP contribution in [0.5, 0.6) is 5.75 Å². The smallest absolute Gasteiger partial charge is 0.253 e. The van der Waals surface area contributed by atoms with E-state index >= 15 is 0 Å². The maximum Gasteiger partial charge on any atom is 0.253 e. The first-order valence-corrected chi connectivity index (χ1v) is 6.08. The lowest BCUT2D eigenvalue weighted by Gasteiger charge is -2.32. The van der Waals surface area contributed by atoms with Gasteiger partial charge in [0.25, 0.3) is 5.91 Å². The molecule has 0 aliphatic carbocycles. The summed E-state index contributed by atoms with van der Waals surface area (Å²) in [6.07, 6.45) is 0. The molecule has 1 saturated heterocycles. The average Bonchev–Trinajstić information content (AvgIpc) is 2.46. The Morgan fingerprint density at radius 2 is 2.05 bits per heavy atom. The maximum atomic E-state index is 12.3. The number of carbonyl (C=O) groups is 2. The minimum absolute atomic E-state index is 0.101. The van der Waals surface area contributed by atoms with Gasteiger partial charge >= 0.3 is 0 Å². The summed E-state index contributed by atoms with van der Waals surface area (Å²) in [4.78, 5) is 25.1. The molecule has 1 aliphatic rings. The van der Waals surface area contributed by atoms with Gasteiger partial charge in [-0.2, -0.15) is 0 Å². The van der Waals surface area contributed by atoms with Crippen molar-refractivity contribution in [1.82, 2.24) is 10.2 Å². The lowest BCUT2D eigenvalue weighted by molar-refractivity contribution is -0.120. The minimum Gasteiger partial charge on any atom is -0.497 e. The molecule has 1 aliphatic heterocycles. The number of hydrogen-bond acceptors (Lipinski definition) is 4. The van der Waals surface area contributed by atoms with Crippen LogP contribution in [0.25, 0.3) is 0 Å². The Morgan fingerprint density at radius 3 is 2.63 bits per heavy atom. The molecule has 0 spiro atoms. The Kier molecular flexibility index (Phi) is 4.01. The van der Waals surface area contributed by atoms with Crippen molar-refractivity contribution in [3.63, 3.8) is 0 Å². The number of amides is 2. The molecule has 0 radical (unpaired) electrons. The highest BCUT2D eigenvalue weighted by Gasteiger charge is 2.26. The number of benzene rings is 1. The molecule has 0 aromatic heterocycles. The molecule has 1 heterocycles. The van der Waals surface area contributed by atoms with Gasteiger partial charge in [-0.15, -0.1) is 0 Å². The van der Waals surface area contributed by atoms with E-state index in [-0.39, 0.29) is 5.91 Å². The molecule has 3 N–H and O–H groups in total. The minimum atomic E-state index is -0.476. The van der Waals surface area contributed by atoms with Crippen LogP contribution in [0.1, 0.15) is 10.4 Å². The Labute approximate surface area is 111 Å². The van der Waals surface area contributed by atoms with Gasteiger partial charge in [0.2, 0.25) is 5.91 Å². The maximum absolute atomic E-state index is 12.3. The van der Waals surface area contributed by atoms with Gasteiger partial charge < -0.3 is 20.7 Å². The van der Waals surface area contributed by atoms with Gasteiger partial charge in [-0.3, -0.25) is 9.59 Å². The normalized spacial score (nSPS) is 19.0. The first-order valence-electron chi connectivity index (χ1n) is 6.08. The third-order valence-corrected chi connectivity index (χ3v) is 3.14. The van der Waals surface area contributed by atoms with E-state index in [0.29, 0.717) is 30.9 Å². The summed E-state index contributed by atoms with van der Waals surface area (Å²) in [6.45, 7) is 1.43. The molecule has 0 bridgehead atoms. The molecule has 1 atom stereocenters. The summed E-state index contributed by atoms with van der Waals surface area (Å²) in [5, 5.41) is 2.98. The molecule has 1 unspecified atom stereocenters. The van der Waals surface area contributed by atoms with E-state index in [4.69, 9.17) is 10.5 Å². The zero-order chi connectivity index (χ0) is 13.8. The molecule has 6 nitrogen and oxygen atoms in total. The van der Waals surface area contributed by atoms with Crippen LogP contribution in [0.4, 0.5) is 0 Å². The highest BCUT2D eigenvalue weighted by atomic mass is 16.5. The van der Waals surface area contributed by atoms with Gasteiger partial charge in [-0.25, -0.2) is 0 Å². The average molecular weight is 263 g/mol. The SMILES string of the molecule is COc1ccc(C(=O)N2CCNC(C(N)=O)C2)cc1. The first kappa shape index (κ1) is 13.4. The number of rotatable bonds is 3. The van der Waals surface area contributed by atoms with E-state index in [1.165, 1.54) is 0 Å². The number of nitrogens with one attached hydrogen (secondary N) is 1. The van der Waals surface area contributed by atoms with Crippen molar-refractivity contribution >= 4 is 11.8 Å². The molecular formula is C13H17N3O3. The van der Waals surface area contributed by atoms with E-state index in [1.807, 2.05) is 0 Å². The summed E-state index contributed by atoms with van der Waals surface area (Å²) in [5.74, 6) is 0.162. The molecule has 19 heavy (non-hydrogen) atoms. The van der Waals surface area contributed by atoms with E-state index in [9.17, 15) is 9.59 Å². The van der Waals surface area contributed by atoms with Crippen molar-refractivity contribution in [2.24, 2.45) is 5.73 Å². The van der Waals surface area contributed by atoms with Crippen LogP contribution in [0.3, 0.4) is 0 Å². The summed E-state index contributed by atoms with van der Waals surface area (Å²) < 4.78 is 5.05. The van der Waals surface area contributed by atoms with Gasteiger partial charge in [0.15, 0.2) is 0 Å². The van der Waals surface area contributed by atoms with Gasteiger partial charge in [-0.05, 0) is 24.3 Å². The second-order valence-electron chi connectivity index (χ2n) is 4.39. The number of carbonyl (C=O) groups excluding carboxylic acids is 2. The Balaban J connectivity index is 2.07. The third kappa shape index (κ3) is 3.03. The van der Waals surface area contributed by atoms with Crippen molar-refractivity contribution in [1.29, 1.82) is 0 Å². The standard InChI is InChI=1S/C13H17N3O3/c1-19-10-4-2-9(3-5-10)13(18)16-7-6-15-11(8-16)12(14)17/h2-5,11,15H,6-8H2,1H3,(H2,14,17). The van der Waals surface area contributed by atoms with E-state index in [0.717, 1.165) is 0 Å². The van der Waals surface area contributed by atoms with Crippen LogP contribution >= 0.6 is 0 Å². The van der Waals surface area contributed by atoms with E-state index < -0.39 is 11.9 Å². The number of nitrogens with zero attached hydrogens (tertiary/aromatic N) is 1. The molecule has 102 valence electrons. The highest BCUT2D eigenvalue weighted by Crippen LogP contribution is 2.14. The van der Waals surface area contributed by atoms with Crippen molar-refractivity contribution in [2.75, 3.05) is 26.7 Å². The van der Waals surface area contributed by atoms with Crippen LogP contribution in [0.15, 0.2) is 24.3 Å². The molecule has 6 heteroatoms. The number of methoxy groups -OCH3 is 1. The molecule has 2 amide bonds. The van der Waals surface area contributed by atoms with Gasteiger partial charge in [-0.1, -0.05) is 0 Å². The zero-order valence-electron chi connectivity index (χ0n) is 10.8. The van der Waals surface area contributed by atoms with Crippen LogP contribution in [0, 0.1) is 0 Å². The summed E-state index contributed by atoms with van der Waals surface area (Å²) in [5.41, 5.74) is 5.83. The lowest BCUT2D eigenvalue weighted by Crippen LogP contribution is -2.57. The van der Waals surface area contributed by atoms with Crippen LogP contribution in [0.2, 0.25) is 0 Å². The van der Waals surface area contributed by atoms with Crippen molar-refractivity contribution in [2.45, 2.75) is 6.04 Å². The molecule has 1 aromatic rings. The molecule has 0 saturated carbocycles. The number of primary amides is 1. The quantitative estimate of drug-likeness (QED) is 0.776. The van der Waals surface area contributed by atoms with E-state index in [1.54, 1.807) is 36.3 Å². The van der Waals surface area contributed by atoms with Gasteiger partial charge in [0.1, 0.15) is 11.8 Å². The number of ether oxygens (including phenoxy) is 1. The molecular weight excluding hydrogens is 246 g/mol. The topological polar surface area (TPSA) is 84.7 Å². The number of piperazine rings is 1. The summed E-state index contributed by atoms with van der Waals surface area (Å²) >= 11 is 0. The molecule has 1 aromatic carbocycles. The second kappa shape index (κ2) is 5.71. The number of hydrogen-bond donors (Lipinski definition) is 2. The fourth-order valence-electron chi connectivity index (χ4n) is 2.04. The number of nitrogens with two attached hydrogens (primary N) is 1. The van der Waals surface area contributed by atoms with Crippen LogP contribution < -0.4 is 15.8 Å². The van der Waals surface area contributed by atoms with Crippen molar-refractivity contribution in [3.8, 4) is 5.75 Å². The molecule has 1 fully saturated rings. The summed E-state index contributed by atoms with van der Waals surface area (Å²) in [7, 11) is 1.57. The van der Waals surface area contributed by atoms with Crippen LogP contribution in [-0.4, -0.2) is 49.5 Å². The first-order chi connectivity index (χ1) is 9.11. The van der Waals surface area contributed by atoms with Gasteiger partial charge in [0.05, 0.1) is 7.11 Å². The Bertz CT molecular complexity index is 473. The third-order valence-electron chi connectivity index (χ3n) is 3.14. The Morgan fingerprint density at radius 1 is 1.37 bits per heavy atom. The van der Waals surface area contributed by atoms with E-state index in [2.05, 4.69) is 5.32 Å². The van der Waals surface area contributed by atoms with Gasteiger partial charge in [0, 0.05) is 25.2 Å². The largest absolute Gasteiger partial charge is 0.497 e. The predicted octanol–water partition coefficient (Wildman–Crippen LogP) is -0.405.